The van der Waals surface area contributed by atoms with Crippen molar-refractivity contribution in [2.75, 3.05) is 31.1 Å². The Balaban J connectivity index is 1.32. The predicted octanol–water partition coefficient (Wildman–Crippen LogP) is 3.78. The van der Waals surface area contributed by atoms with E-state index < -0.39 is 0 Å². The van der Waals surface area contributed by atoms with E-state index in [0.717, 1.165) is 56.8 Å². The third-order valence-electron chi connectivity index (χ3n) is 6.43. The molecule has 1 aliphatic carbocycles. The summed E-state index contributed by atoms with van der Waals surface area (Å²) < 4.78 is 0. The topological polar surface area (TPSA) is 45.2 Å². The minimum atomic E-state index is 0.521. The minimum absolute atomic E-state index is 0.521. The van der Waals surface area contributed by atoms with E-state index in [1.165, 1.54) is 29.1 Å². The third kappa shape index (κ3) is 3.94. The molecule has 0 unspecified atom stereocenters. The highest BCUT2D eigenvalue weighted by Gasteiger charge is 2.27. The van der Waals surface area contributed by atoms with Crippen LogP contribution in [0.1, 0.15) is 30.2 Å². The molecule has 2 aliphatic rings. The summed E-state index contributed by atoms with van der Waals surface area (Å²) in [5, 5.41) is 0. The quantitative estimate of drug-likeness (QED) is 0.653. The Bertz CT molecular complexity index is 981. The zero-order valence-electron chi connectivity index (χ0n) is 17.7. The molecule has 1 fully saturated rings. The smallest absolute Gasteiger partial charge is 0.161 e. The molecule has 1 aromatic carbocycles. The van der Waals surface area contributed by atoms with Gasteiger partial charge in [-0.25, -0.2) is 9.97 Å². The van der Waals surface area contributed by atoms with Gasteiger partial charge in [0.05, 0.1) is 0 Å². The first-order valence-corrected chi connectivity index (χ1v) is 11.1. The van der Waals surface area contributed by atoms with Gasteiger partial charge in [-0.3, -0.25) is 9.88 Å². The molecule has 0 spiro atoms. The Morgan fingerprint density at radius 1 is 0.933 bits per heavy atom. The largest absolute Gasteiger partial charge is 0.354 e. The molecule has 1 aliphatic heterocycles. The first kappa shape index (κ1) is 19.2. The number of pyridine rings is 1. The van der Waals surface area contributed by atoms with Crippen LogP contribution in [0.4, 0.5) is 5.82 Å². The number of benzene rings is 1. The van der Waals surface area contributed by atoms with Crippen molar-refractivity contribution in [2.24, 2.45) is 0 Å². The molecule has 1 saturated heterocycles. The Morgan fingerprint density at radius 2 is 1.77 bits per heavy atom. The molecule has 0 amide bonds. The standard InChI is InChI=1S/C25H29N5/c1-19(17-20-7-6-12-26-18-20)29-13-15-30(16-14-29)25-22-10-5-11-23(22)27-24(28-25)21-8-3-2-4-9-21/h2-4,6-9,12,18-19H,5,10-11,13-17H2,1H3/t19-/m1/s1. The summed E-state index contributed by atoms with van der Waals surface area (Å²) >= 11 is 0. The second-order valence-electron chi connectivity index (χ2n) is 8.45. The summed E-state index contributed by atoms with van der Waals surface area (Å²) in [6.07, 6.45) is 8.26. The fraction of sp³-hybridized carbons (Fsp3) is 0.400. The lowest BCUT2D eigenvalue weighted by molar-refractivity contribution is 0.195. The number of hydrogen-bond donors (Lipinski definition) is 0. The van der Waals surface area contributed by atoms with Gasteiger partial charge in [0.15, 0.2) is 5.82 Å². The molecule has 154 valence electrons. The zero-order valence-corrected chi connectivity index (χ0v) is 17.7. The van der Waals surface area contributed by atoms with Crippen molar-refractivity contribution < 1.29 is 0 Å². The molecular formula is C25H29N5. The van der Waals surface area contributed by atoms with E-state index in [1.807, 2.05) is 24.5 Å². The van der Waals surface area contributed by atoms with Gasteiger partial charge >= 0.3 is 0 Å². The monoisotopic (exact) mass is 399 g/mol. The lowest BCUT2D eigenvalue weighted by Crippen LogP contribution is -2.50. The lowest BCUT2D eigenvalue weighted by atomic mass is 10.1. The summed E-state index contributed by atoms with van der Waals surface area (Å²) in [5.41, 5.74) is 5.06. The zero-order chi connectivity index (χ0) is 20.3. The van der Waals surface area contributed by atoms with Crippen LogP contribution in [0.5, 0.6) is 0 Å². The van der Waals surface area contributed by atoms with Crippen LogP contribution in [0.3, 0.4) is 0 Å². The van der Waals surface area contributed by atoms with E-state index in [1.54, 1.807) is 0 Å². The number of nitrogens with zero attached hydrogens (tertiary/aromatic N) is 5. The molecule has 5 heteroatoms. The highest BCUT2D eigenvalue weighted by atomic mass is 15.3. The van der Waals surface area contributed by atoms with Gasteiger partial charge in [0.25, 0.3) is 0 Å². The molecule has 5 nitrogen and oxygen atoms in total. The van der Waals surface area contributed by atoms with E-state index in [9.17, 15) is 0 Å². The summed E-state index contributed by atoms with van der Waals surface area (Å²) in [7, 11) is 0. The van der Waals surface area contributed by atoms with Crippen LogP contribution in [0.2, 0.25) is 0 Å². The van der Waals surface area contributed by atoms with Gasteiger partial charge in [-0.05, 0) is 44.2 Å². The van der Waals surface area contributed by atoms with E-state index >= 15 is 0 Å². The molecule has 3 heterocycles. The fourth-order valence-corrected chi connectivity index (χ4v) is 4.75. The van der Waals surface area contributed by atoms with Crippen LogP contribution < -0.4 is 4.90 Å². The van der Waals surface area contributed by atoms with Gasteiger partial charge in [0, 0.05) is 61.4 Å². The number of piperazine rings is 1. The number of hydrogen-bond acceptors (Lipinski definition) is 5. The number of aryl methyl sites for hydroxylation is 1. The summed E-state index contributed by atoms with van der Waals surface area (Å²) in [6, 6.07) is 15.1. The van der Waals surface area contributed by atoms with Gasteiger partial charge in [0.2, 0.25) is 0 Å². The number of rotatable bonds is 5. The van der Waals surface area contributed by atoms with Crippen LogP contribution in [-0.4, -0.2) is 52.1 Å². The van der Waals surface area contributed by atoms with Crippen molar-refractivity contribution in [3.8, 4) is 11.4 Å². The van der Waals surface area contributed by atoms with Gasteiger partial charge in [-0.15, -0.1) is 0 Å². The van der Waals surface area contributed by atoms with Crippen LogP contribution in [-0.2, 0) is 19.3 Å². The molecule has 0 bridgehead atoms. The number of fused-ring (bicyclic) bond motifs is 1. The molecule has 1 atom stereocenters. The number of aromatic nitrogens is 3. The lowest BCUT2D eigenvalue weighted by Gasteiger charge is -2.39. The second kappa shape index (κ2) is 8.52. The van der Waals surface area contributed by atoms with Crippen LogP contribution in [0.15, 0.2) is 54.9 Å². The maximum absolute atomic E-state index is 5.06. The molecule has 30 heavy (non-hydrogen) atoms. The van der Waals surface area contributed by atoms with E-state index in [0.29, 0.717) is 6.04 Å². The SMILES string of the molecule is C[C@H](Cc1cccnc1)N1CCN(c2nc(-c3ccccc3)nc3c2CCC3)CC1. The second-order valence-corrected chi connectivity index (χ2v) is 8.45. The van der Waals surface area contributed by atoms with E-state index in [2.05, 4.69) is 52.0 Å². The Morgan fingerprint density at radius 3 is 2.53 bits per heavy atom. The molecule has 0 saturated carbocycles. The van der Waals surface area contributed by atoms with Crippen molar-refractivity contribution in [1.82, 2.24) is 19.9 Å². The summed E-state index contributed by atoms with van der Waals surface area (Å²) in [6.45, 7) is 6.52. The summed E-state index contributed by atoms with van der Waals surface area (Å²) in [4.78, 5) is 19.3. The van der Waals surface area contributed by atoms with Gasteiger partial charge < -0.3 is 4.90 Å². The molecule has 2 aromatic heterocycles. The van der Waals surface area contributed by atoms with E-state index in [4.69, 9.17) is 9.97 Å². The van der Waals surface area contributed by atoms with Crippen LogP contribution in [0, 0.1) is 0 Å². The fourth-order valence-electron chi connectivity index (χ4n) is 4.75. The van der Waals surface area contributed by atoms with Crippen molar-refractivity contribution in [1.29, 1.82) is 0 Å². The first-order chi connectivity index (χ1) is 14.8. The van der Waals surface area contributed by atoms with Crippen molar-refractivity contribution in [3.63, 3.8) is 0 Å². The highest BCUT2D eigenvalue weighted by molar-refractivity contribution is 5.61. The maximum atomic E-state index is 5.06. The maximum Gasteiger partial charge on any atom is 0.161 e. The summed E-state index contributed by atoms with van der Waals surface area (Å²) in [5.74, 6) is 2.05. The van der Waals surface area contributed by atoms with Gasteiger partial charge in [0.1, 0.15) is 5.82 Å². The van der Waals surface area contributed by atoms with Crippen LogP contribution in [0.25, 0.3) is 11.4 Å². The van der Waals surface area contributed by atoms with Crippen molar-refractivity contribution >= 4 is 5.82 Å². The third-order valence-corrected chi connectivity index (χ3v) is 6.43. The minimum Gasteiger partial charge on any atom is -0.354 e. The Kier molecular flexibility index (Phi) is 5.45. The normalized spacial score (nSPS) is 17.7. The Labute approximate surface area is 178 Å². The van der Waals surface area contributed by atoms with E-state index in [-0.39, 0.29) is 0 Å². The highest BCUT2D eigenvalue weighted by Crippen LogP contribution is 2.32. The average Bonchev–Trinajstić information content (AvgIpc) is 3.29. The molecule has 3 aromatic rings. The van der Waals surface area contributed by atoms with Crippen molar-refractivity contribution in [3.05, 3.63) is 71.7 Å². The van der Waals surface area contributed by atoms with Gasteiger partial charge in [-0.2, -0.15) is 0 Å². The molecule has 0 N–H and O–H groups in total. The molecular weight excluding hydrogens is 370 g/mol. The Hall–Kier alpha value is -2.79. The number of anilines is 1. The first-order valence-electron chi connectivity index (χ1n) is 11.1. The molecule has 5 rings (SSSR count). The van der Waals surface area contributed by atoms with Crippen LogP contribution >= 0.6 is 0 Å². The predicted molar refractivity (Wildman–Crippen MR) is 121 cm³/mol. The average molecular weight is 400 g/mol. The van der Waals surface area contributed by atoms with Gasteiger partial charge in [-0.1, -0.05) is 36.4 Å². The van der Waals surface area contributed by atoms with Crippen molar-refractivity contribution in [2.45, 2.75) is 38.6 Å². The molecule has 0 radical (unpaired) electrons.